The number of thiophene rings is 1. The summed E-state index contributed by atoms with van der Waals surface area (Å²) in [6.45, 7) is 4.21. The van der Waals surface area contributed by atoms with Crippen molar-refractivity contribution in [3.05, 3.63) is 40.0 Å². The summed E-state index contributed by atoms with van der Waals surface area (Å²) < 4.78 is 10.6. The smallest absolute Gasteiger partial charge is 0.176 e. The average Bonchev–Trinajstić information content (AvgIpc) is 3.51. The number of benzene rings is 1. The van der Waals surface area contributed by atoms with Gasteiger partial charge in [0, 0.05) is 16.2 Å². The van der Waals surface area contributed by atoms with Gasteiger partial charge < -0.3 is 9.47 Å². The summed E-state index contributed by atoms with van der Waals surface area (Å²) >= 11 is 3.19. The van der Waals surface area contributed by atoms with Gasteiger partial charge in [0.05, 0.1) is 25.5 Å². The predicted octanol–water partition coefficient (Wildman–Crippen LogP) is 5.18. The molecular formula is C21H22N2O3S2. The minimum absolute atomic E-state index is 0.00918. The van der Waals surface area contributed by atoms with Crippen LogP contribution in [0.1, 0.15) is 45.4 Å². The number of Topliss-reactive ketones (excluding diaryl/α,β-unsaturated/α-hetero) is 1. The Bertz CT molecular complexity index is 1060. The first kappa shape index (κ1) is 19.2. The van der Waals surface area contributed by atoms with Gasteiger partial charge >= 0.3 is 0 Å². The van der Waals surface area contributed by atoms with Crippen LogP contribution in [0.4, 0.5) is 0 Å². The highest BCUT2D eigenvalue weighted by atomic mass is 32.2. The fourth-order valence-electron chi connectivity index (χ4n) is 3.10. The van der Waals surface area contributed by atoms with Crippen LogP contribution in [0.3, 0.4) is 0 Å². The minimum Gasteiger partial charge on any atom is -0.497 e. The molecule has 1 aliphatic rings. The molecule has 0 bridgehead atoms. The maximum Gasteiger partial charge on any atom is 0.176 e. The van der Waals surface area contributed by atoms with E-state index >= 15 is 0 Å². The number of aryl methyl sites for hydroxylation is 2. The van der Waals surface area contributed by atoms with Gasteiger partial charge in [-0.25, -0.2) is 9.97 Å². The van der Waals surface area contributed by atoms with E-state index in [2.05, 4.69) is 13.8 Å². The van der Waals surface area contributed by atoms with Crippen molar-refractivity contribution in [2.45, 2.75) is 37.6 Å². The molecule has 146 valence electrons. The first-order valence-electron chi connectivity index (χ1n) is 9.17. The first-order chi connectivity index (χ1) is 13.5. The van der Waals surface area contributed by atoms with E-state index in [1.54, 1.807) is 43.8 Å². The van der Waals surface area contributed by atoms with Gasteiger partial charge in [-0.05, 0) is 50.5 Å². The van der Waals surface area contributed by atoms with E-state index in [1.807, 2.05) is 0 Å². The molecule has 0 atom stereocenters. The number of carbonyl (C=O) groups excluding carboxylic acids is 1. The van der Waals surface area contributed by atoms with Crippen molar-refractivity contribution < 1.29 is 14.3 Å². The maximum absolute atomic E-state index is 12.9. The molecule has 0 aliphatic heterocycles. The molecule has 3 aromatic rings. The highest BCUT2D eigenvalue weighted by Crippen LogP contribution is 2.42. The second-order valence-electron chi connectivity index (χ2n) is 6.90. The zero-order chi connectivity index (χ0) is 19.8. The Kier molecular flexibility index (Phi) is 5.29. The highest BCUT2D eigenvalue weighted by molar-refractivity contribution is 8.00. The number of nitrogens with zero attached hydrogens (tertiary/aromatic N) is 2. The third-order valence-electron chi connectivity index (χ3n) is 5.00. The van der Waals surface area contributed by atoms with E-state index in [4.69, 9.17) is 19.4 Å². The van der Waals surface area contributed by atoms with Crippen LogP contribution in [0.25, 0.3) is 10.2 Å². The topological polar surface area (TPSA) is 61.3 Å². The predicted molar refractivity (Wildman–Crippen MR) is 113 cm³/mol. The second-order valence-corrected chi connectivity index (χ2v) is 9.07. The molecule has 0 unspecified atom stereocenters. The number of ether oxygens (including phenoxy) is 2. The molecule has 7 heteroatoms. The number of ketones is 1. The van der Waals surface area contributed by atoms with Crippen LogP contribution >= 0.6 is 23.1 Å². The lowest BCUT2D eigenvalue weighted by Crippen LogP contribution is -2.06. The van der Waals surface area contributed by atoms with E-state index in [0.29, 0.717) is 23.0 Å². The van der Waals surface area contributed by atoms with Gasteiger partial charge in [0.2, 0.25) is 0 Å². The number of hydrogen-bond donors (Lipinski definition) is 0. The summed E-state index contributed by atoms with van der Waals surface area (Å²) in [5.41, 5.74) is 1.73. The number of hydrogen-bond acceptors (Lipinski definition) is 7. The standard InChI is InChI=1S/C21H22N2O3S2/c1-11-12(2)28-21-18(11)20(22-19(23-21)13-5-6-13)27-10-16(24)15-9-14(25-3)7-8-17(15)26-4/h7-9,13H,5-6,10H2,1-4H3. The number of aromatic nitrogens is 2. The van der Waals surface area contributed by atoms with Gasteiger partial charge in [-0.3, -0.25) is 4.79 Å². The minimum atomic E-state index is -0.00918. The molecule has 0 saturated heterocycles. The largest absolute Gasteiger partial charge is 0.497 e. The zero-order valence-electron chi connectivity index (χ0n) is 16.4. The second kappa shape index (κ2) is 7.72. The monoisotopic (exact) mass is 414 g/mol. The molecule has 0 N–H and O–H groups in total. The highest BCUT2D eigenvalue weighted by Gasteiger charge is 2.28. The maximum atomic E-state index is 12.9. The SMILES string of the molecule is COc1ccc(OC)c(C(=O)CSc2nc(C3CC3)nc3sc(C)c(C)c23)c1. The Morgan fingerprint density at radius 3 is 2.68 bits per heavy atom. The molecule has 2 aromatic heterocycles. The fraction of sp³-hybridized carbons (Fsp3) is 0.381. The average molecular weight is 415 g/mol. The van der Waals surface area contributed by atoms with Gasteiger partial charge in [0.25, 0.3) is 0 Å². The molecule has 1 aliphatic carbocycles. The molecule has 1 saturated carbocycles. The first-order valence-corrected chi connectivity index (χ1v) is 11.0. The summed E-state index contributed by atoms with van der Waals surface area (Å²) in [5, 5.41) is 1.99. The van der Waals surface area contributed by atoms with Crippen molar-refractivity contribution in [3.63, 3.8) is 0 Å². The number of fused-ring (bicyclic) bond motifs is 1. The van der Waals surface area contributed by atoms with E-state index < -0.39 is 0 Å². The van der Waals surface area contributed by atoms with Gasteiger partial charge in [-0.2, -0.15) is 0 Å². The van der Waals surface area contributed by atoms with Crippen LogP contribution < -0.4 is 9.47 Å². The Morgan fingerprint density at radius 2 is 2.00 bits per heavy atom. The third kappa shape index (κ3) is 3.61. The van der Waals surface area contributed by atoms with Gasteiger partial charge in [0.1, 0.15) is 27.2 Å². The number of rotatable bonds is 7. The molecule has 0 spiro atoms. The Hall–Kier alpha value is -2.12. The zero-order valence-corrected chi connectivity index (χ0v) is 18.0. The molecular weight excluding hydrogens is 392 g/mol. The van der Waals surface area contributed by atoms with E-state index in [0.717, 1.165) is 33.9 Å². The lowest BCUT2D eigenvalue weighted by Gasteiger charge is -2.10. The van der Waals surface area contributed by atoms with Crippen LogP contribution in [-0.2, 0) is 0 Å². The summed E-state index contributed by atoms with van der Waals surface area (Å²) in [4.78, 5) is 24.8. The van der Waals surface area contributed by atoms with Crippen molar-refractivity contribution >= 4 is 39.1 Å². The van der Waals surface area contributed by atoms with Crippen LogP contribution in [0.15, 0.2) is 23.2 Å². The quantitative estimate of drug-likeness (QED) is 0.302. The van der Waals surface area contributed by atoms with Crippen LogP contribution in [0.5, 0.6) is 11.5 Å². The van der Waals surface area contributed by atoms with Crippen molar-refractivity contribution in [3.8, 4) is 11.5 Å². The Balaban J connectivity index is 1.64. The van der Waals surface area contributed by atoms with Gasteiger partial charge in [-0.1, -0.05) is 11.8 Å². The summed E-state index contributed by atoms with van der Waals surface area (Å²) in [6, 6.07) is 5.28. The molecule has 28 heavy (non-hydrogen) atoms. The van der Waals surface area contributed by atoms with Crippen LogP contribution in [0, 0.1) is 13.8 Å². The van der Waals surface area contributed by atoms with Crippen molar-refractivity contribution in [2.24, 2.45) is 0 Å². The molecule has 0 radical (unpaired) electrons. The van der Waals surface area contributed by atoms with Crippen LogP contribution in [0.2, 0.25) is 0 Å². The van der Waals surface area contributed by atoms with Crippen molar-refractivity contribution in [1.82, 2.24) is 9.97 Å². The molecule has 1 fully saturated rings. The van der Waals surface area contributed by atoms with E-state index in [1.165, 1.54) is 22.2 Å². The van der Waals surface area contributed by atoms with Crippen molar-refractivity contribution in [2.75, 3.05) is 20.0 Å². The molecule has 4 rings (SSSR count). The third-order valence-corrected chi connectivity index (χ3v) is 7.08. The normalized spacial score (nSPS) is 13.7. The Labute approximate surface area is 172 Å². The number of methoxy groups -OCH3 is 2. The number of carbonyl (C=O) groups is 1. The summed E-state index contributed by atoms with van der Waals surface area (Å²) in [7, 11) is 3.16. The van der Waals surface area contributed by atoms with Crippen LogP contribution in [-0.4, -0.2) is 35.7 Å². The van der Waals surface area contributed by atoms with E-state index in [-0.39, 0.29) is 11.5 Å². The van der Waals surface area contributed by atoms with Crippen molar-refractivity contribution in [1.29, 1.82) is 0 Å². The molecule has 1 aromatic carbocycles. The summed E-state index contributed by atoms with van der Waals surface area (Å²) in [6.07, 6.45) is 2.30. The Morgan fingerprint density at radius 1 is 1.21 bits per heavy atom. The molecule has 5 nitrogen and oxygen atoms in total. The van der Waals surface area contributed by atoms with Gasteiger partial charge in [-0.15, -0.1) is 11.3 Å². The molecule has 0 amide bonds. The lowest BCUT2D eigenvalue weighted by molar-refractivity contribution is 0.101. The fourth-order valence-corrected chi connectivity index (χ4v) is 5.18. The van der Waals surface area contributed by atoms with Gasteiger partial charge in [0.15, 0.2) is 5.78 Å². The lowest BCUT2D eigenvalue weighted by atomic mass is 10.1. The summed E-state index contributed by atoms with van der Waals surface area (Å²) in [5.74, 6) is 2.86. The van der Waals surface area contributed by atoms with E-state index in [9.17, 15) is 4.79 Å². The number of thioether (sulfide) groups is 1. The molecule has 2 heterocycles.